The Morgan fingerprint density at radius 3 is 2.38 bits per heavy atom. The lowest BCUT2D eigenvalue weighted by Gasteiger charge is -2.34. The number of rotatable bonds is 4. The number of hydroxylamine groups is 2. The average molecular weight is 412 g/mol. The van der Waals surface area contributed by atoms with E-state index in [1.807, 2.05) is 49.1 Å². The summed E-state index contributed by atoms with van der Waals surface area (Å²) < 4.78 is 27.1. The average Bonchev–Trinajstić information content (AvgIpc) is 2.73. The lowest BCUT2D eigenvalue weighted by Crippen LogP contribution is -2.45. The van der Waals surface area contributed by atoms with Crippen LogP contribution < -0.4 is 4.90 Å². The van der Waals surface area contributed by atoms with Crippen LogP contribution in [0.5, 0.6) is 0 Å². The zero-order valence-corrected chi connectivity index (χ0v) is 17.5. The van der Waals surface area contributed by atoms with Gasteiger partial charge in [-0.15, -0.1) is 0 Å². The second kappa shape index (κ2) is 7.74. The number of nitrogens with zero attached hydrogens (tertiary/aromatic N) is 3. The molecule has 0 unspecified atom stereocenters. The lowest BCUT2D eigenvalue weighted by molar-refractivity contribution is -0.0935. The molecule has 6 nitrogen and oxygen atoms in total. The molecule has 1 aliphatic heterocycles. The van der Waals surface area contributed by atoms with E-state index in [2.05, 4.69) is 4.98 Å². The highest BCUT2D eigenvalue weighted by Gasteiger charge is 2.28. The number of aromatic nitrogens is 1. The molecule has 1 aromatic heterocycles. The van der Waals surface area contributed by atoms with E-state index in [0.29, 0.717) is 31.9 Å². The SMILES string of the molecule is CCc1ccc(S(=O)(=O)c2cnc3ccc(C)cc3c2N2CCN(O)CC2)cc1. The molecule has 2 aromatic carbocycles. The van der Waals surface area contributed by atoms with Crippen LogP contribution in [-0.2, 0) is 16.3 Å². The summed E-state index contributed by atoms with van der Waals surface area (Å²) in [5.74, 6) is 0. The molecule has 1 aliphatic rings. The van der Waals surface area contributed by atoms with Crippen molar-refractivity contribution in [2.45, 2.75) is 30.1 Å². The monoisotopic (exact) mass is 411 g/mol. The van der Waals surface area contributed by atoms with Crippen LogP contribution in [0.3, 0.4) is 0 Å². The van der Waals surface area contributed by atoms with Crippen molar-refractivity contribution in [3.05, 3.63) is 59.8 Å². The molecule has 2 heterocycles. The van der Waals surface area contributed by atoms with Gasteiger partial charge < -0.3 is 10.1 Å². The van der Waals surface area contributed by atoms with Gasteiger partial charge in [0.25, 0.3) is 0 Å². The summed E-state index contributed by atoms with van der Waals surface area (Å²) in [7, 11) is -3.74. The highest BCUT2D eigenvalue weighted by Crippen LogP contribution is 2.36. The van der Waals surface area contributed by atoms with E-state index < -0.39 is 9.84 Å². The molecular formula is C22H25N3O3S. The van der Waals surface area contributed by atoms with Crippen molar-refractivity contribution in [3.8, 4) is 0 Å². The Morgan fingerprint density at radius 1 is 1.03 bits per heavy atom. The van der Waals surface area contributed by atoms with Crippen molar-refractivity contribution in [2.24, 2.45) is 0 Å². The number of pyridine rings is 1. The van der Waals surface area contributed by atoms with E-state index in [0.717, 1.165) is 28.5 Å². The van der Waals surface area contributed by atoms with Gasteiger partial charge in [0.1, 0.15) is 4.90 Å². The number of benzene rings is 2. The van der Waals surface area contributed by atoms with Gasteiger partial charge in [-0.1, -0.05) is 30.7 Å². The molecular weight excluding hydrogens is 386 g/mol. The van der Waals surface area contributed by atoms with E-state index in [-0.39, 0.29) is 9.79 Å². The number of piperazine rings is 1. The van der Waals surface area contributed by atoms with Crippen LogP contribution in [-0.4, -0.2) is 49.9 Å². The zero-order valence-electron chi connectivity index (χ0n) is 16.7. The number of sulfone groups is 1. The molecule has 7 heteroatoms. The number of aryl methyl sites for hydroxylation is 2. The molecule has 1 N–H and O–H groups in total. The summed E-state index contributed by atoms with van der Waals surface area (Å²) in [6.45, 7) is 6.03. The van der Waals surface area contributed by atoms with Crippen molar-refractivity contribution in [1.29, 1.82) is 0 Å². The van der Waals surface area contributed by atoms with E-state index in [4.69, 9.17) is 0 Å². The Bertz CT molecular complexity index is 1140. The van der Waals surface area contributed by atoms with Crippen molar-refractivity contribution in [3.63, 3.8) is 0 Å². The highest BCUT2D eigenvalue weighted by atomic mass is 32.2. The molecule has 0 aliphatic carbocycles. The van der Waals surface area contributed by atoms with Crippen LogP contribution in [0.15, 0.2) is 58.5 Å². The van der Waals surface area contributed by atoms with Gasteiger partial charge in [-0.25, -0.2) is 8.42 Å². The van der Waals surface area contributed by atoms with Crippen molar-refractivity contribution in [2.75, 3.05) is 31.1 Å². The van der Waals surface area contributed by atoms with Crippen LogP contribution in [0.1, 0.15) is 18.1 Å². The third-order valence-corrected chi connectivity index (χ3v) is 7.24. The molecule has 0 bridgehead atoms. The Balaban J connectivity index is 1.92. The van der Waals surface area contributed by atoms with E-state index in [9.17, 15) is 13.6 Å². The largest absolute Gasteiger partial charge is 0.367 e. The minimum Gasteiger partial charge on any atom is -0.367 e. The van der Waals surface area contributed by atoms with Crippen molar-refractivity contribution < 1.29 is 13.6 Å². The fraction of sp³-hybridized carbons (Fsp3) is 0.318. The summed E-state index contributed by atoms with van der Waals surface area (Å²) >= 11 is 0. The van der Waals surface area contributed by atoms with Gasteiger partial charge in [-0.3, -0.25) is 4.98 Å². The molecule has 1 fully saturated rings. The number of hydrogen-bond donors (Lipinski definition) is 1. The molecule has 0 saturated carbocycles. The Labute approximate surface area is 171 Å². The fourth-order valence-corrected chi connectivity index (χ4v) is 5.18. The minimum absolute atomic E-state index is 0.214. The molecule has 29 heavy (non-hydrogen) atoms. The summed E-state index contributed by atoms with van der Waals surface area (Å²) in [5, 5.41) is 11.9. The van der Waals surface area contributed by atoms with Gasteiger partial charge in [-0.05, 0) is 43.2 Å². The third-order valence-electron chi connectivity index (χ3n) is 5.47. The maximum Gasteiger partial charge on any atom is 0.210 e. The van der Waals surface area contributed by atoms with Gasteiger partial charge >= 0.3 is 0 Å². The first kappa shape index (κ1) is 19.8. The smallest absolute Gasteiger partial charge is 0.210 e. The summed E-state index contributed by atoms with van der Waals surface area (Å²) in [4.78, 5) is 6.98. The van der Waals surface area contributed by atoms with Crippen molar-refractivity contribution >= 4 is 26.4 Å². The predicted molar refractivity (Wildman–Crippen MR) is 113 cm³/mol. The molecule has 0 radical (unpaired) electrons. The van der Waals surface area contributed by atoms with Gasteiger partial charge in [0.15, 0.2) is 0 Å². The van der Waals surface area contributed by atoms with Gasteiger partial charge in [-0.2, -0.15) is 5.06 Å². The van der Waals surface area contributed by atoms with Crippen LogP contribution in [0.4, 0.5) is 5.69 Å². The molecule has 1 saturated heterocycles. The molecule has 0 amide bonds. The number of fused-ring (bicyclic) bond motifs is 1. The first-order valence-corrected chi connectivity index (χ1v) is 11.3. The fourth-order valence-electron chi connectivity index (χ4n) is 3.75. The number of anilines is 1. The topological polar surface area (TPSA) is 73.7 Å². The molecule has 4 rings (SSSR count). The third kappa shape index (κ3) is 3.73. The summed E-state index contributed by atoms with van der Waals surface area (Å²) in [6.07, 6.45) is 2.33. The normalized spacial score (nSPS) is 15.8. The highest BCUT2D eigenvalue weighted by molar-refractivity contribution is 7.91. The Kier molecular flexibility index (Phi) is 5.29. The minimum atomic E-state index is -3.74. The first-order chi connectivity index (χ1) is 13.9. The Hall–Kier alpha value is -2.48. The van der Waals surface area contributed by atoms with Gasteiger partial charge in [0, 0.05) is 37.8 Å². The standard InChI is InChI=1S/C22H25N3O3S/c1-3-17-5-7-18(8-6-17)29(27,28)21-15-23-20-9-4-16(2)14-19(20)22(21)24-10-12-25(26)13-11-24/h4-9,14-15,26H,3,10-13H2,1-2H3. The zero-order chi connectivity index (χ0) is 20.6. The predicted octanol–water partition coefficient (Wildman–Crippen LogP) is 3.45. The van der Waals surface area contributed by atoms with E-state index in [1.54, 1.807) is 12.1 Å². The summed E-state index contributed by atoms with van der Waals surface area (Å²) in [6, 6.07) is 12.9. The molecule has 0 atom stereocenters. The Morgan fingerprint density at radius 2 is 1.72 bits per heavy atom. The van der Waals surface area contributed by atoms with E-state index in [1.165, 1.54) is 11.3 Å². The second-order valence-corrected chi connectivity index (χ2v) is 9.35. The maximum atomic E-state index is 13.6. The van der Waals surface area contributed by atoms with Crippen LogP contribution >= 0.6 is 0 Å². The number of hydrogen-bond acceptors (Lipinski definition) is 6. The second-order valence-electron chi connectivity index (χ2n) is 7.43. The first-order valence-electron chi connectivity index (χ1n) is 9.82. The quantitative estimate of drug-likeness (QED) is 0.709. The molecule has 3 aromatic rings. The van der Waals surface area contributed by atoms with Crippen molar-refractivity contribution in [1.82, 2.24) is 10.0 Å². The van der Waals surface area contributed by atoms with Gasteiger partial charge in [0.05, 0.1) is 16.1 Å². The van der Waals surface area contributed by atoms with Gasteiger partial charge in [0.2, 0.25) is 9.84 Å². The van der Waals surface area contributed by atoms with E-state index >= 15 is 0 Å². The molecule has 152 valence electrons. The summed E-state index contributed by atoms with van der Waals surface area (Å²) in [5.41, 5.74) is 3.57. The lowest BCUT2D eigenvalue weighted by atomic mass is 10.1. The van der Waals surface area contributed by atoms with Crippen LogP contribution in [0.25, 0.3) is 10.9 Å². The maximum absolute atomic E-state index is 13.6. The van der Waals surface area contributed by atoms with Crippen LogP contribution in [0, 0.1) is 6.92 Å². The molecule has 0 spiro atoms. The van der Waals surface area contributed by atoms with Crippen LogP contribution in [0.2, 0.25) is 0 Å².